The molecule has 0 radical (unpaired) electrons. The summed E-state index contributed by atoms with van der Waals surface area (Å²) in [6, 6.07) is 18.0. The minimum Gasteiger partial charge on any atom is -0.444 e. The molecule has 2 aromatic carbocycles. The van der Waals surface area contributed by atoms with Crippen molar-refractivity contribution in [3.63, 3.8) is 0 Å². The van der Waals surface area contributed by atoms with Crippen molar-refractivity contribution >= 4 is 11.8 Å². The molecular weight excluding hydrogens is 404 g/mol. The number of alkyl carbamates (subject to hydrolysis) is 1. The molecular formula is C26H38N2O4. The summed E-state index contributed by atoms with van der Waals surface area (Å²) >= 11 is 0. The van der Waals surface area contributed by atoms with Gasteiger partial charge >= 0.3 is 6.09 Å². The van der Waals surface area contributed by atoms with E-state index in [0.717, 1.165) is 43.7 Å². The molecule has 0 saturated carbocycles. The van der Waals surface area contributed by atoms with Gasteiger partial charge in [-0.3, -0.25) is 0 Å². The molecule has 0 spiro atoms. The molecule has 0 heterocycles. The summed E-state index contributed by atoms with van der Waals surface area (Å²) in [5, 5.41) is 16.5. The zero-order valence-corrected chi connectivity index (χ0v) is 19.6. The van der Waals surface area contributed by atoms with E-state index in [1.165, 1.54) is 5.56 Å². The SMILES string of the molecule is CC(C)(C)OC(=O)NCCC(O)c1cccc(NCCCCCOCc2ccccc2)c1. The van der Waals surface area contributed by atoms with Crippen LogP contribution in [0.15, 0.2) is 54.6 Å². The monoisotopic (exact) mass is 442 g/mol. The van der Waals surface area contributed by atoms with E-state index in [9.17, 15) is 9.90 Å². The number of amides is 1. The number of anilines is 1. The van der Waals surface area contributed by atoms with Gasteiger partial charge in [-0.25, -0.2) is 4.79 Å². The van der Waals surface area contributed by atoms with Crippen LogP contribution in [0.1, 0.15) is 63.7 Å². The van der Waals surface area contributed by atoms with Crippen LogP contribution in [-0.4, -0.2) is 36.5 Å². The molecule has 0 aliphatic rings. The zero-order chi connectivity index (χ0) is 23.2. The van der Waals surface area contributed by atoms with Crippen molar-refractivity contribution in [1.29, 1.82) is 0 Å². The third-order valence-corrected chi connectivity index (χ3v) is 4.76. The molecule has 0 fully saturated rings. The minimum absolute atomic E-state index is 0.347. The minimum atomic E-state index is -0.645. The lowest BCUT2D eigenvalue weighted by Gasteiger charge is -2.20. The van der Waals surface area contributed by atoms with Gasteiger partial charge in [0.05, 0.1) is 12.7 Å². The number of rotatable bonds is 13. The van der Waals surface area contributed by atoms with Crippen LogP contribution in [0.2, 0.25) is 0 Å². The van der Waals surface area contributed by atoms with Crippen LogP contribution < -0.4 is 10.6 Å². The summed E-state index contributed by atoms with van der Waals surface area (Å²) in [6.07, 6.45) is 2.50. The molecule has 2 rings (SSSR count). The second kappa shape index (κ2) is 13.8. The number of benzene rings is 2. The molecule has 2 aromatic rings. The molecule has 3 N–H and O–H groups in total. The summed E-state index contributed by atoms with van der Waals surface area (Å²) in [4.78, 5) is 11.7. The van der Waals surface area contributed by atoms with Crippen molar-refractivity contribution in [3.05, 3.63) is 65.7 Å². The number of hydrogen-bond acceptors (Lipinski definition) is 5. The quantitative estimate of drug-likeness (QED) is 0.360. The van der Waals surface area contributed by atoms with Gasteiger partial charge in [0.2, 0.25) is 0 Å². The summed E-state index contributed by atoms with van der Waals surface area (Å²) in [5.74, 6) is 0. The Kier molecular flexibility index (Phi) is 11.0. The molecule has 32 heavy (non-hydrogen) atoms. The number of nitrogens with one attached hydrogen (secondary N) is 2. The molecule has 1 unspecified atom stereocenters. The third-order valence-electron chi connectivity index (χ3n) is 4.76. The lowest BCUT2D eigenvalue weighted by molar-refractivity contribution is 0.0518. The highest BCUT2D eigenvalue weighted by Crippen LogP contribution is 2.20. The predicted octanol–water partition coefficient (Wildman–Crippen LogP) is 5.43. The van der Waals surface area contributed by atoms with Gasteiger partial charge in [-0.15, -0.1) is 0 Å². The van der Waals surface area contributed by atoms with Crippen LogP contribution in [0, 0.1) is 0 Å². The molecule has 176 valence electrons. The van der Waals surface area contributed by atoms with Crippen molar-refractivity contribution in [2.24, 2.45) is 0 Å². The van der Waals surface area contributed by atoms with Crippen LogP contribution in [-0.2, 0) is 16.1 Å². The van der Waals surface area contributed by atoms with E-state index in [0.29, 0.717) is 19.6 Å². The smallest absolute Gasteiger partial charge is 0.407 e. The first-order valence-electron chi connectivity index (χ1n) is 11.4. The van der Waals surface area contributed by atoms with E-state index in [1.54, 1.807) is 0 Å². The summed E-state index contributed by atoms with van der Waals surface area (Å²) < 4.78 is 10.9. The van der Waals surface area contributed by atoms with Crippen LogP contribution >= 0.6 is 0 Å². The standard InChI is InChI=1S/C26H38N2O4/c1-26(2,3)32-25(30)28-17-15-24(29)22-13-10-14-23(19-22)27-16-8-5-9-18-31-20-21-11-6-4-7-12-21/h4,6-7,10-14,19,24,27,29H,5,8-9,15-18,20H2,1-3H3,(H,28,30). The first kappa shape index (κ1) is 25.7. The van der Waals surface area contributed by atoms with Crippen molar-refractivity contribution in [2.45, 2.75) is 64.8 Å². The molecule has 0 aromatic heterocycles. The average Bonchev–Trinajstić information content (AvgIpc) is 2.75. The Morgan fingerprint density at radius 2 is 1.78 bits per heavy atom. The lowest BCUT2D eigenvalue weighted by Crippen LogP contribution is -2.33. The molecule has 1 amide bonds. The topological polar surface area (TPSA) is 79.8 Å². The predicted molar refractivity (Wildman–Crippen MR) is 129 cm³/mol. The highest BCUT2D eigenvalue weighted by Gasteiger charge is 2.16. The lowest BCUT2D eigenvalue weighted by atomic mass is 10.1. The van der Waals surface area contributed by atoms with Gasteiger partial charge < -0.3 is 25.2 Å². The number of unbranched alkanes of at least 4 members (excludes halogenated alkanes) is 2. The Morgan fingerprint density at radius 3 is 2.53 bits per heavy atom. The summed E-state index contributed by atoms with van der Waals surface area (Å²) in [7, 11) is 0. The van der Waals surface area contributed by atoms with Crippen molar-refractivity contribution in [2.75, 3.05) is 25.0 Å². The van der Waals surface area contributed by atoms with E-state index in [1.807, 2.05) is 63.2 Å². The molecule has 0 saturated heterocycles. The van der Waals surface area contributed by atoms with Gasteiger partial charge in [0.15, 0.2) is 0 Å². The van der Waals surface area contributed by atoms with Gasteiger partial charge in [0.25, 0.3) is 0 Å². The molecule has 1 atom stereocenters. The van der Waals surface area contributed by atoms with E-state index < -0.39 is 17.8 Å². The zero-order valence-electron chi connectivity index (χ0n) is 19.6. The highest BCUT2D eigenvalue weighted by atomic mass is 16.6. The van der Waals surface area contributed by atoms with E-state index in [4.69, 9.17) is 9.47 Å². The van der Waals surface area contributed by atoms with E-state index in [-0.39, 0.29) is 0 Å². The Bertz CT molecular complexity index is 790. The van der Waals surface area contributed by atoms with E-state index >= 15 is 0 Å². The fourth-order valence-corrected chi connectivity index (χ4v) is 3.15. The number of hydrogen-bond donors (Lipinski definition) is 3. The Morgan fingerprint density at radius 1 is 1.00 bits per heavy atom. The van der Waals surface area contributed by atoms with Gasteiger partial charge in [-0.2, -0.15) is 0 Å². The maximum absolute atomic E-state index is 11.7. The van der Waals surface area contributed by atoms with Crippen molar-refractivity contribution < 1.29 is 19.4 Å². The van der Waals surface area contributed by atoms with Crippen molar-refractivity contribution in [1.82, 2.24) is 5.32 Å². The van der Waals surface area contributed by atoms with Crippen LogP contribution in [0.3, 0.4) is 0 Å². The number of ether oxygens (including phenoxy) is 2. The number of carbonyl (C=O) groups is 1. The highest BCUT2D eigenvalue weighted by molar-refractivity contribution is 5.67. The van der Waals surface area contributed by atoms with Gasteiger partial charge in [0, 0.05) is 25.4 Å². The third kappa shape index (κ3) is 11.2. The Labute approximate surface area is 192 Å². The maximum Gasteiger partial charge on any atom is 0.407 e. The van der Waals surface area contributed by atoms with Gasteiger partial charge in [-0.05, 0) is 69.7 Å². The fourth-order valence-electron chi connectivity index (χ4n) is 3.15. The number of aliphatic hydroxyl groups is 1. The van der Waals surface area contributed by atoms with Gasteiger partial charge in [0.1, 0.15) is 5.60 Å². The summed E-state index contributed by atoms with van der Waals surface area (Å²) in [6.45, 7) is 8.12. The largest absolute Gasteiger partial charge is 0.444 e. The Hall–Kier alpha value is -2.57. The maximum atomic E-state index is 11.7. The van der Waals surface area contributed by atoms with Crippen LogP contribution in [0.25, 0.3) is 0 Å². The molecule has 6 nitrogen and oxygen atoms in total. The Balaban J connectivity index is 1.58. The van der Waals surface area contributed by atoms with Crippen LogP contribution in [0.4, 0.5) is 10.5 Å². The van der Waals surface area contributed by atoms with Crippen LogP contribution in [0.5, 0.6) is 0 Å². The normalized spacial score (nSPS) is 12.2. The number of carbonyl (C=O) groups excluding carboxylic acids is 1. The molecule has 0 aliphatic carbocycles. The summed E-state index contributed by atoms with van der Waals surface area (Å²) in [5.41, 5.74) is 2.49. The van der Waals surface area contributed by atoms with E-state index in [2.05, 4.69) is 22.8 Å². The molecule has 0 bridgehead atoms. The first-order valence-corrected chi connectivity index (χ1v) is 11.4. The molecule has 0 aliphatic heterocycles. The van der Waals surface area contributed by atoms with Crippen molar-refractivity contribution in [3.8, 4) is 0 Å². The first-order chi connectivity index (χ1) is 15.3. The van der Waals surface area contributed by atoms with Gasteiger partial charge in [-0.1, -0.05) is 42.5 Å². The molecule has 6 heteroatoms. The number of aliphatic hydroxyl groups excluding tert-OH is 1. The average molecular weight is 443 g/mol. The fraction of sp³-hybridized carbons (Fsp3) is 0.500. The second-order valence-electron chi connectivity index (χ2n) is 8.88. The second-order valence-corrected chi connectivity index (χ2v) is 8.88.